The summed E-state index contributed by atoms with van der Waals surface area (Å²) in [5.41, 5.74) is 1.38. The Morgan fingerprint density at radius 2 is 2.08 bits per heavy atom. The van der Waals surface area contributed by atoms with Gasteiger partial charge in [0.2, 0.25) is 0 Å². The van der Waals surface area contributed by atoms with Gasteiger partial charge in [0.15, 0.2) is 5.69 Å². The van der Waals surface area contributed by atoms with E-state index in [-0.39, 0.29) is 11.9 Å². The van der Waals surface area contributed by atoms with E-state index < -0.39 is 0 Å². The SMILES string of the molecule is O=C(N[C@@H](c1cccnc1)C1CCOCC1)c1cc(C2CC2)on1. The topological polar surface area (TPSA) is 77.2 Å². The third-order valence-electron chi connectivity index (χ3n) is 4.81. The monoisotopic (exact) mass is 327 g/mol. The highest BCUT2D eigenvalue weighted by atomic mass is 16.5. The molecule has 2 fully saturated rings. The number of carbonyl (C=O) groups is 1. The average Bonchev–Trinajstić information content (AvgIpc) is 3.38. The van der Waals surface area contributed by atoms with Crippen molar-refractivity contribution in [3.8, 4) is 0 Å². The molecule has 6 heteroatoms. The van der Waals surface area contributed by atoms with Crippen molar-refractivity contribution in [2.45, 2.75) is 37.6 Å². The van der Waals surface area contributed by atoms with E-state index in [9.17, 15) is 4.79 Å². The summed E-state index contributed by atoms with van der Waals surface area (Å²) in [5.74, 6) is 1.42. The molecule has 0 aromatic carbocycles. The van der Waals surface area contributed by atoms with Crippen molar-refractivity contribution < 1.29 is 14.1 Å². The second-order valence-corrected chi connectivity index (χ2v) is 6.58. The van der Waals surface area contributed by atoms with Gasteiger partial charge in [0.05, 0.1) is 6.04 Å². The lowest BCUT2D eigenvalue weighted by Crippen LogP contribution is -2.36. The van der Waals surface area contributed by atoms with Crippen molar-refractivity contribution in [3.05, 3.63) is 47.6 Å². The minimum absolute atomic E-state index is 0.0869. The smallest absolute Gasteiger partial charge is 0.273 e. The van der Waals surface area contributed by atoms with Crippen molar-refractivity contribution >= 4 is 5.91 Å². The summed E-state index contributed by atoms with van der Waals surface area (Å²) in [5, 5.41) is 7.08. The van der Waals surface area contributed by atoms with Crippen LogP contribution in [0.3, 0.4) is 0 Å². The Kier molecular flexibility index (Phi) is 4.30. The molecule has 1 N–H and O–H groups in total. The van der Waals surface area contributed by atoms with Crippen LogP contribution >= 0.6 is 0 Å². The number of nitrogens with zero attached hydrogens (tertiary/aromatic N) is 2. The van der Waals surface area contributed by atoms with Gasteiger partial charge >= 0.3 is 0 Å². The van der Waals surface area contributed by atoms with Crippen LogP contribution in [0.2, 0.25) is 0 Å². The van der Waals surface area contributed by atoms with Crippen LogP contribution in [0.5, 0.6) is 0 Å². The first-order chi connectivity index (χ1) is 11.8. The minimum atomic E-state index is -0.189. The van der Waals surface area contributed by atoms with E-state index in [0.29, 0.717) is 17.5 Å². The molecule has 2 aromatic rings. The molecule has 2 aromatic heterocycles. The van der Waals surface area contributed by atoms with Crippen molar-refractivity contribution in [1.29, 1.82) is 0 Å². The van der Waals surface area contributed by atoms with E-state index >= 15 is 0 Å². The fraction of sp³-hybridized carbons (Fsp3) is 0.500. The zero-order chi connectivity index (χ0) is 16.4. The maximum absolute atomic E-state index is 12.6. The highest BCUT2D eigenvalue weighted by Crippen LogP contribution is 2.40. The lowest BCUT2D eigenvalue weighted by atomic mass is 9.87. The van der Waals surface area contributed by atoms with E-state index in [1.807, 2.05) is 18.3 Å². The van der Waals surface area contributed by atoms with Gasteiger partial charge < -0.3 is 14.6 Å². The molecule has 2 aliphatic rings. The first kappa shape index (κ1) is 15.3. The van der Waals surface area contributed by atoms with Gasteiger partial charge in [-0.15, -0.1) is 0 Å². The van der Waals surface area contributed by atoms with Crippen LogP contribution in [0, 0.1) is 5.92 Å². The van der Waals surface area contributed by atoms with Gasteiger partial charge in [0.25, 0.3) is 5.91 Å². The van der Waals surface area contributed by atoms with Crippen molar-refractivity contribution in [2.75, 3.05) is 13.2 Å². The first-order valence-corrected chi connectivity index (χ1v) is 8.56. The first-order valence-electron chi connectivity index (χ1n) is 8.56. The van der Waals surface area contributed by atoms with Crippen LogP contribution in [0.1, 0.15) is 59.5 Å². The Morgan fingerprint density at radius 3 is 2.79 bits per heavy atom. The molecular formula is C18H21N3O3. The summed E-state index contributed by atoms with van der Waals surface area (Å²) < 4.78 is 10.8. The highest BCUT2D eigenvalue weighted by Gasteiger charge is 2.31. The third kappa shape index (κ3) is 3.33. The second kappa shape index (κ2) is 6.73. The number of amides is 1. The molecule has 1 aliphatic carbocycles. The highest BCUT2D eigenvalue weighted by molar-refractivity contribution is 5.92. The molecule has 4 rings (SSSR count). The molecule has 3 heterocycles. The maximum atomic E-state index is 12.6. The van der Waals surface area contributed by atoms with Crippen LogP contribution in [-0.2, 0) is 4.74 Å². The van der Waals surface area contributed by atoms with Crippen molar-refractivity contribution in [1.82, 2.24) is 15.5 Å². The second-order valence-electron chi connectivity index (χ2n) is 6.58. The van der Waals surface area contributed by atoms with Gasteiger partial charge in [-0.05, 0) is 43.2 Å². The van der Waals surface area contributed by atoms with E-state index in [2.05, 4.69) is 15.5 Å². The number of carbonyl (C=O) groups excluding carboxylic acids is 1. The Labute approximate surface area is 140 Å². The maximum Gasteiger partial charge on any atom is 0.273 e. The summed E-state index contributed by atoms with van der Waals surface area (Å²) in [6.45, 7) is 1.46. The average molecular weight is 327 g/mol. The Balaban J connectivity index is 1.52. The van der Waals surface area contributed by atoms with E-state index in [4.69, 9.17) is 9.26 Å². The molecule has 0 spiro atoms. The van der Waals surface area contributed by atoms with Gasteiger partial charge in [-0.3, -0.25) is 9.78 Å². The molecule has 126 valence electrons. The van der Waals surface area contributed by atoms with Crippen LogP contribution in [0.15, 0.2) is 35.1 Å². The Morgan fingerprint density at radius 1 is 1.25 bits per heavy atom. The molecule has 0 radical (unpaired) electrons. The summed E-state index contributed by atoms with van der Waals surface area (Å²) in [7, 11) is 0. The molecule has 24 heavy (non-hydrogen) atoms. The van der Waals surface area contributed by atoms with Crippen molar-refractivity contribution in [2.24, 2.45) is 5.92 Å². The molecule has 0 unspecified atom stereocenters. The van der Waals surface area contributed by atoms with Gasteiger partial charge in [-0.25, -0.2) is 0 Å². The number of ether oxygens (including phenoxy) is 1. The number of aromatic nitrogens is 2. The van der Waals surface area contributed by atoms with Crippen molar-refractivity contribution in [3.63, 3.8) is 0 Å². The normalized spacial score (nSPS) is 19.8. The van der Waals surface area contributed by atoms with Crippen LogP contribution in [0.4, 0.5) is 0 Å². The number of pyridine rings is 1. The van der Waals surface area contributed by atoms with Gasteiger partial charge in [-0.2, -0.15) is 0 Å². The molecule has 0 bridgehead atoms. The van der Waals surface area contributed by atoms with E-state index in [1.54, 1.807) is 12.3 Å². The number of hydrogen-bond acceptors (Lipinski definition) is 5. The molecule has 1 saturated carbocycles. The summed E-state index contributed by atoms with van der Waals surface area (Å²) in [6.07, 6.45) is 7.65. The molecule has 1 aliphatic heterocycles. The molecular weight excluding hydrogens is 306 g/mol. The third-order valence-corrected chi connectivity index (χ3v) is 4.81. The Hall–Kier alpha value is -2.21. The van der Waals surface area contributed by atoms with E-state index in [0.717, 1.165) is 50.2 Å². The molecule has 1 amide bonds. The van der Waals surface area contributed by atoms with Crippen LogP contribution in [-0.4, -0.2) is 29.3 Å². The molecule has 6 nitrogen and oxygen atoms in total. The standard InChI is InChI=1S/C18H21N3O3/c22-18(15-10-16(24-21-15)12-3-4-12)20-17(13-5-8-23-9-6-13)14-2-1-7-19-11-14/h1-2,7,10-13,17H,3-6,8-9H2,(H,20,22)/t17-/m1/s1. The van der Waals surface area contributed by atoms with E-state index in [1.165, 1.54) is 0 Å². The number of nitrogens with one attached hydrogen (secondary N) is 1. The molecule has 1 atom stereocenters. The van der Waals surface area contributed by atoms with Gasteiger partial charge in [-0.1, -0.05) is 11.2 Å². The lowest BCUT2D eigenvalue weighted by Gasteiger charge is -2.30. The largest absolute Gasteiger partial charge is 0.381 e. The molecule has 1 saturated heterocycles. The fourth-order valence-electron chi connectivity index (χ4n) is 3.25. The fourth-order valence-corrected chi connectivity index (χ4v) is 3.25. The quantitative estimate of drug-likeness (QED) is 0.914. The predicted molar refractivity (Wildman–Crippen MR) is 86.5 cm³/mol. The zero-order valence-electron chi connectivity index (χ0n) is 13.5. The summed E-state index contributed by atoms with van der Waals surface area (Å²) in [6, 6.07) is 5.59. The predicted octanol–water partition coefficient (Wildman–Crippen LogP) is 2.84. The van der Waals surface area contributed by atoms with Gasteiger partial charge in [0.1, 0.15) is 5.76 Å². The lowest BCUT2D eigenvalue weighted by molar-refractivity contribution is 0.0512. The zero-order valence-corrected chi connectivity index (χ0v) is 13.5. The van der Waals surface area contributed by atoms with Crippen LogP contribution in [0.25, 0.3) is 0 Å². The summed E-state index contributed by atoms with van der Waals surface area (Å²) >= 11 is 0. The minimum Gasteiger partial charge on any atom is -0.381 e. The van der Waals surface area contributed by atoms with Crippen LogP contribution < -0.4 is 5.32 Å². The van der Waals surface area contributed by atoms with Gasteiger partial charge in [0, 0.05) is 37.6 Å². The Bertz CT molecular complexity index is 691. The number of rotatable bonds is 5. The number of hydrogen-bond donors (Lipinski definition) is 1. The summed E-state index contributed by atoms with van der Waals surface area (Å²) in [4.78, 5) is 16.8.